The van der Waals surface area contributed by atoms with Crippen LogP contribution in [0.5, 0.6) is 0 Å². The molecule has 0 unspecified atom stereocenters. The number of hydrogen-bond acceptors (Lipinski definition) is 4. The van der Waals surface area contributed by atoms with Crippen molar-refractivity contribution in [2.75, 3.05) is 11.1 Å². The van der Waals surface area contributed by atoms with Gasteiger partial charge in [-0.1, -0.05) is 24.9 Å². The van der Waals surface area contributed by atoms with Crippen molar-refractivity contribution in [1.82, 2.24) is 9.97 Å². The van der Waals surface area contributed by atoms with Crippen molar-refractivity contribution in [1.29, 1.82) is 0 Å². The van der Waals surface area contributed by atoms with Gasteiger partial charge in [0.2, 0.25) is 5.95 Å². The van der Waals surface area contributed by atoms with Crippen molar-refractivity contribution >= 4 is 23.4 Å². The molecular weight excluding hydrogens is 236 g/mol. The smallest absolute Gasteiger partial charge is 0.223 e. The lowest BCUT2D eigenvalue weighted by Gasteiger charge is -2.28. The van der Waals surface area contributed by atoms with Crippen molar-refractivity contribution in [3.8, 4) is 0 Å². The lowest BCUT2D eigenvalue weighted by molar-refractivity contribution is 0.330. The van der Waals surface area contributed by atoms with Crippen LogP contribution >= 0.6 is 11.6 Å². The molecule has 0 saturated heterocycles. The van der Waals surface area contributed by atoms with E-state index in [1.54, 1.807) is 6.07 Å². The van der Waals surface area contributed by atoms with Gasteiger partial charge in [0.15, 0.2) is 0 Å². The molecule has 0 aliphatic heterocycles. The van der Waals surface area contributed by atoms with E-state index in [1.165, 1.54) is 32.1 Å². The van der Waals surface area contributed by atoms with E-state index in [4.69, 9.17) is 17.3 Å². The van der Waals surface area contributed by atoms with Crippen LogP contribution < -0.4 is 11.1 Å². The second-order valence-corrected chi connectivity index (χ2v) is 5.09. The first-order chi connectivity index (χ1) is 8.17. The molecule has 0 bridgehead atoms. The Morgan fingerprint density at radius 1 is 1.35 bits per heavy atom. The van der Waals surface area contributed by atoms with Gasteiger partial charge in [-0.05, 0) is 31.6 Å². The highest BCUT2D eigenvalue weighted by atomic mass is 35.5. The predicted molar refractivity (Wildman–Crippen MR) is 71.1 cm³/mol. The molecule has 2 rings (SSSR count). The van der Waals surface area contributed by atoms with E-state index in [0.29, 0.717) is 11.2 Å². The molecule has 0 aromatic carbocycles. The second kappa shape index (κ2) is 5.54. The first kappa shape index (κ1) is 12.4. The zero-order chi connectivity index (χ0) is 12.3. The van der Waals surface area contributed by atoms with Crippen LogP contribution in [0.15, 0.2) is 6.07 Å². The van der Waals surface area contributed by atoms with Gasteiger partial charge in [0.05, 0.1) is 0 Å². The fourth-order valence-corrected chi connectivity index (χ4v) is 2.62. The van der Waals surface area contributed by atoms with Crippen molar-refractivity contribution < 1.29 is 0 Å². The number of nitrogen functional groups attached to an aromatic ring is 1. The molecule has 0 atom stereocenters. The number of hydrogen-bond donors (Lipinski definition) is 2. The first-order valence-corrected chi connectivity index (χ1v) is 6.61. The summed E-state index contributed by atoms with van der Waals surface area (Å²) in [5, 5.41) is 3.78. The van der Waals surface area contributed by atoms with Gasteiger partial charge in [0.1, 0.15) is 11.0 Å². The van der Waals surface area contributed by atoms with E-state index in [2.05, 4.69) is 22.2 Å². The fourth-order valence-electron chi connectivity index (χ4n) is 2.43. The maximum Gasteiger partial charge on any atom is 0.223 e. The zero-order valence-corrected chi connectivity index (χ0v) is 10.9. The minimum Gasteiger partial charge on any atom is -0.368 e. The summed E-state index contributed by atoms with van der Waals surface area (Å²) in [5.41, 5.74) is 5.56. The number of rotatable bonds is 3. The van der Waals surface area contributed by atoms with E-state index < -0.39 is 0 Å². The maximum atomic E-state index is 5.84. The molecule has 1 aliphatic carbocycles. The van der Waals surface area contributed by atoms with Crippen LogP contribution in [0.25, 0.3) is 0 Å². The molecule has 1 aliphatic rings. The molecule has 0 spiro atoms. The van der Waals surface area contributed by atoms with Crippen molar-refractivity contribution in [2.24, 2.45) is 5.92 Å². The van der Waals surface area contributed by atoms with Gasteiger partial charge in [-0.25, -0.2) is 4.98 Å². The summed E-state index contributed by atoms with van der Waals surface area (Å²) in [6, 6.07) is 2.22. The lowest BCUT2D eigenvalue weighted by Crippen LogP contribution is -2.26. The van der Waals surface area contributed by atoms with Crippen LogP contribution in [0.1, 0.15) is 39.0 Å². The Morgan fingerprint density at radius 2 is 2.06 bits per heavy atom. The fraction of sp³-hybridized carbons (Fsp3) is 0.667. The molecule has 3 N–H and O–H groups in total. The quantitative estimate of drug-likeness (QED) is 0.814. The third-order valence-electron chi connectivity index (χ3n) is 3.49. The molecule has 17 heavy (non-hydrogen) atoms. The minimum atomic E-state index is 0.224. The number of aromatic nitrogens is 2. The summed E-state index contributed by atoms with van der Waals surface area (Å²) in [6.07, 6.45) is 6.27. The highest BCUT2D eigenvalue weighted by Crippen LogP contribution is 2.28. The number of nitrogens with two attached hydrogens (primary N) is 1. The summed E-state index contributed by atoms with van der Waals surface area (Å²) in [7, 11) is 0. The molecular formula is C12H19ClN4. The van der Waals surface area contributed by atoms with Crippen LogP contribution in [-0.4, -0.2) is 16.0 Å². The van der Waals surface area contributed by atoms with Crippen LogP contribution in [0.4, 0.5) is 11.8 Å². The van der Waals surface area contributed by atoms with E-state index in [1.807, 2.05) is 0 Å². The largest absolute Gasteiger partial charge is 0.368 e. The summed E-state index contributed by atoms with van der Waals surface area (Å²) in [5.74, 6) is 1.86. The van der Waals surface area contributed by atoms with Gasteiger partial charge >= 0.3 is 0 Å². The Bertz CT molecular complexity index is 355. The second-order valence-electron chi connectivity index (χ2n) is 4.70. The Balaban J connectivity index is 1.93. The first-order valence-electron chi connectivity index (χ1n) is 6.24. The summed E-state index contributed by atoms with van der Waals surface area (Å²) in [4.78, 5) is 7.98. The Kier molecular flexibility index (Phi) is 4.05. The van der Waals surface area contributed by atoms with Crippen molar-refractivity contribution in [2.45, 2.75) is 45.1 Å². The number of halogens is 1. The van der Waals surface area contributed by atoms with E-state index in [9.17, 15) is 0 Å². The molecule has 0 amide bonds. The summed E-state index contributed by atoms with van der Waals surface area (Å²) in [6.45, 7) is 2.27. The van der Waals surface area contributed by atoms with Gasteiger partial charge in [0, 0.05) is 12.1 Å². The molecule has 4 nitrogen and oxygen atoms in total. The number of nitrogens with one attached hydrogen (secondary N) is 1. The van der Waals surface area contributed by atoms with E-state index in [0.717, 1.165) is 11.7 Å². The van der Waals surface area contributed by atoms with Gasteiger partial charge in [0.25, 0.3) is 0 Å². The number of anilines is 2. The van der Waals surface area contributed by atoms with Crippen LogP contribution in [0, 0.1) is 5.92 Å². The molecule has 1 aromatic rings. The van der Waals surface area contributed by atoms with Gasteiger partial charge in [-0.2, -0.15) is 4.98 Å². The highest BCUT2D eigenvalue weighted by Gasteiger charge is 2.20. The highest BCUT2D eigenvalue weighted by molar-refractivity contribution is 6.29. The van der Waals surface area contributed by atoms with Crippen LogP contribution in [0.2, 0.25) is 5.15 Å². The van der Waals surface area contributed by atoms with E-state index in [-0.39, 0.29) is 5.95 Å². The molecule has 94 valence electrons. The molecule has 1 aromatic heterocycles. The number of nitrogens with zero attached hydrogens (tertiary/aromatic N) is 2. The van der Waals surface area contributed by atoms with Gasteiger partial charge in [-0.15, -0.1) is 0 Å². The Labute approximate surface area is 107 Å². The predicted octanol–water partition coefficient (Wildman–Crippen LogP) is 3.09. The van der Waals surface area contributed by atoms with Crippen molar-refractivity contribution in [3.05, 3.63) is 11.2 Å². The summed E-state index contributed by atoms with van der Waals surface area (Å²) < 4.78 is 0. The monoisotopic (exact) mass is 254 g/mol. The SMILES string of the molecule is CCC1CCC(Nc2cc(Cl)nc(N)n2)CC1. The topological polar surface area (TPSA) is 63.8 Å². The molecule has 5 heteroatoms. The van der Waals surface area contributed by atoms with Gasteiger partial charge in [-0.3, -0.25) is 0 Å². The third kappa shape index (κ3) is 3.46. The van der Waals surface area contributed by atoms with Gasteiger partial charge < -0.3 is 11.1 Å². The normalized spacial score (nSPS) is 24.6. The maximum absolute atomic E-state index is 5.84. The standard InChI is InChI=1S/C12H19ClN4/c1-2-8-3-5-9(6-4-8)15-11-7-10(13)16-12(14)17-11/h7-9H,2-6H2,1H3,(H3,14,15,16,17). The van der Waals surface area contributed by atoms with Crippen LogP contribution in [0.3, 0.4) is 0 Å². The summed E-state index contributed by atoms with van der Waals surface area (Å²) >= 11 is 5.84. The van der Waals surface area contributed by atoms with E-state index >= 15 is 0 Å². The average Bonchev–Trinajstić information content (AvgIpc) is 2.28. The van der Waals surface area contributed by atoms with Crippen molar-refractivity contribution in [3.63, 3.8) is 0 Å². The Morgan fingerprint density at radius 3 is 2.65 bits per heavy atom. The third-order valence-corrected chi connectivity index (χ3v) is 3.68. The molecule has 1 heterocycles. The molecule has 1 fully saturated rings. The Hall–Kier alpha value is -1.03. The molecule has 0 radical (unpaired) electrons. The average molecular weight is 255 g/mol. The minimum absolute atomic E-state index is 0.224. The van der Waals surface area contributed by atoms with Crippen LogP contribution in [-0.2, 0) is 0 Å². The lowest BCUT2D eigenvalue weighted by atomic mass is 9.84. The zero-order valence-electron chi connectivity index (χ0n) is 10.1. The molecule has 1 saturated carbocycles.